The lowest BCUT2D eigenvalue weighted by molar-refractivity contribution is 0.0263. The number of aliphatic hydroxyl groups is 1. The third-order valence-corrected chi connectivity index (χ3v) is 4.20. The van der Waals surface area contributed by atoms with E-state index in [0.717, 1.165) is 0 Å². The summed E-state index contributed by atoms with van der Waals surface area (Å²) in [5.74, 6) is -0.722. The highest BCUT2D eigenvalue weighted by Crippen LogP contribution is 2.61. The van der Waals surface area contributed by atoms with Crippen LogP contribution < -0.4 is 0 Å². The van der Waals surface area contributed by atoms with Gasteiger partial charge in [0.05, 0.1) is 31.4 Å². The quantitative estimate of drug-likeness (QED) is 0.615. The van der Waals surface area contributed by atoms with Crippen molar-refractivity contribution in [3.8, 4) is 0 Å². The number of ether oxygens (including phenoxy) is 1. The zero-order valence-corrected chi connectivity index (χ0v) is 12.2. The van der Waals surface area contributed by atoms with Gasteiger partial charge in [0.1, 0.15) is 5.60 Å². The normalized spacial score (nSPS) is 34.8. The first-order valence-electron chi connectivity index (χ1n) is 6.69. The van der Waals surface area contributed by atoms with E-state index in [4.69, 9.17) is 36.1 Å². The number of rotatable bonds is 0. The number of carbonyl (C=O) groups excluding carboxylic acids is 1. The summed E-state index contributed by atoms with van der Waals surface area (Å²) < 4.78 is 5.31. The molecule has 0 spiro atoms. The van der Waals surface area contributed by atoms with Crippen LogP contribution in [-0.2, 0) is 4.74 Å². The molecule has 4 nitrogen and oxygen atoms in total. The van der Waals surface area contributed by atoms with Gasteiger partial charge in [0.2, 0.25) is 0 Å². The second-order valence-corrected chi connectivity index (χ2v) is 7.00. The molecule has 2 unspecified atom stereocenters. The molecule has 100 valence electrons. The monoisotopic (exact) mass is 267 g/mol. The molecule has 1 amide bonds. The number of hydrogen-bond donors (Lipinski definition) is 1. The van der Waals surface area contributed by atoms with Crippen LogP contribution in [-0.4, -0.2) is 72.3 Å². The van der Waals surface area contributed by atoms with Gasteiger partial charge in [0.15, 0.2) is 0 Å². The molecule has 1 heterocycles. The molecule has 1 saturated carbocycles. The minimum Gasteiger partial charge on any atom is -0.444 e. The van der Waals surface area contributed by atoms with Gasteiger partial charge >= 0.3 is 6.09 Å². The number of carbonyl (C=O) groups is 1. The minimum atomic E-state index is -1.41. The highest BCUT2D eigenvalue weighted by molar-refractivity contribution is 6.47. The summed E-state index contributed by atoms with van der Waals surface area (Å²) in [4.78, 5) is 13.6. The first-order valence-corrected chi connectivity index (χ1v) is 6.69. The molecule has 1 N–H and O–H groups in total. The summed E-state index contributed by atoms with van der Waals surface area (Å²) in [7, 11) is 23.8. The molecule has 2 atom stereocenters. The Morgan fingerprint density at radius 3 is 1.90 bits per heavy atom. The third kappa shape index (κ3) is 2.40. The fourth-order valence-corrected chi connectivity index (χ4v) is 3.13. The molecular weight excluding hydrogens is 249 g/mol. The van der Waals surface area contributed by atoms with E-state index in [-0.39, 0.29) is 24.9 Å². The average molecular weight is 267 g/mol. The predicted molar refractivity (Wildman–Crippen MR) is 79.2 cm³/mol. The Balaban J connectivity index is 2.15. The third-order valence-electron chi connectivity index (χ3n) is 4.20. The highest BCUT2D eigenvalue weighted by atomic mass is 16.6. The molecular formula is C12H17B4NO3. The molecule has 20 heavy (non-hydrogen) atoms. The topological polar surface area (TPSA) is 49.8 Å². The van der Waals surface area contributed by atoms with Crippen molar-refractivity contribution in [1.82, 2.24) is 4.90 Å². The smallest absolute Gasteiger partial charge is 0.410 e. The van der Waals surface area contributed by atoms with E-state index < -0.39 is 28.2 Å². The Kier molecular flexibility index (Phi) is 3.56. The first kappa shape index (κ1) is 15.9. The van der Waals surface area contributed by atoms with Crippen LogP contribution in [0.4, 0.5) is 4.79 Å². The van der Waals surface area contributed by atoms with E-state index in [1.165, 1.54) is 4.90 Å². The van der Waals surface area contributed by atoms with Crippen molar-refractivity contribution in [1.29, 1.82) is 0 Å². The maximum absolute atomic E-state index is 12.1. The van der Waals surface area contributed by atoms with E-state index in [1.807, 2.05) is 0 Å². The van der Waals surface area contributed by atoms with E-state index in [9.17, 15) is 9.90 Å². The lowest BCUT2D eigenvalue weighted by atomic mass is 9.43. The molecule has 0 aromatic heterocycles. The Labute approximate surface area is 125 Å². The van der Waals surface area contributed by atoms with Crippen LogP contribution in [0.1, 0.15) is 20.8 Å². The average Bonchev–Trinajstić information content (AvgIpc) is 2.75. The Bertz CT molecular complexity index is 397. The number of likely N-dealkylation sites (tertiary alicyclic amines) is 1. The van der Waals surface area contributed by atoms with Crippen molar-refractivity contribution >= 4 is 37.5 Å². The molecule has 1 aliphatic heterocycles. The molecule has 8 heteroatoms. The van der Waals surface area contributed by atoms with E-state index in [2.05, 4.69) is 0 Å². The van der Waals surface area contributed by atoms with Crippen LogP contribution in [0.3, 0.4) is 0 Å². The molecule has 0 aromatic carbocycles. The molecule has 8 radical (unpaired) electrons. The van der Waals surface area contributed by atoms with Gasteiger partial charge in [-0.2, -0.15) is 0 Å². The minimum absolute atomic E-state index is 0.278. The van der Waals surface area contributed by atoms with Gasteiger partial charge in [-0.15, -0.1) is 0 Å². The maximum Gasteiger partial charge on any atom is 0.410 e. The van der Waals surface area contributed by atoms with Crippen LogP contribution in [0.2, 0.25) is 10.4 Å². The van der Waals surface area contributed by atoms with Crippen LogP contribution in [0.25, 0.3) is 0 Å². The molecule has 2 rings (SSSR count). The Hall–Kier alpha value is -0.510. The zero-order valence-electron chi connectivity index (χ0n) is 12.2. The van der Waals surface area contributed by atoms with E-state index in [1.54, 1.807) is 20.8 Å². The summed E-state index contributed by atoms with van der Waals surface area (Å²) in [6, 6.07) is 0. The van der Waals surface area contributed by atoms with Crippen molar-refractivity contribution in [2.24, 2.45) is 11.8 Å². The van der Waals surface area contributed by atoms with Gasteiger partial charge in [-0.1, -0.05) is 10.4 Å². The molecule has 0 bridgehead atoms. The van der Waals surface area contributed by atoms with Crippen molar-refractivity contribution < 1.29 is 14.6 Å². The summed E-state index contributed by atoms with van der Waals surface area (Å²) in [6.07, 6.45) is -1.67. The van der Waals surface area contributed by atoms with Crippen molar-refractivity contribution in [3.63, 3.8) is 0 Å². The van der Waals surface area contributed by atoms with Gasteiger partial charge in [0, 0.05) is 19.2 Å². The Morgan fingerprint density at radius 1 is 1.15 bits per heavy atom. The summed E-state index contributed by atoms with van der Waals surface area (Å²) >= 11 is 0. The van der Waals surface area contributed by atoms with E-state index in [0.29, 0.717) is 0 Å². The van der Waals surface area contributed by atoms with Crippen LogP contribution in [0.15, 0.2) is 0 Å². The molecule has 2 aliphatic rings. The van der Waals surface area contributed by atoms with Gasteiger partial charge in [-0.25, -0.2) is 4.79 Å². The second kappa shape index (κ2) is 4.49. The summed E-state index contributed by atoms with van der Waals surface area (Å²) in [5.41, 5.74) is -0.584. The van der Waals surface area contributed by atoms with Crippen LogP contribution in [0, 0.1) is 11.8 Å². The van der Waals surface area contributed by atoms with Crippen molar-refractivity contribution in [3.05, 3.63) is 0 Å². The van der Waals surface area contributed by atoms with Crippen molar-refractivity contribution in [2.45, 2.75) is 42.9 Å². The fourth-order valence-electron chi connectivity index (χ4n) is 3.13. The maximum atomic E-state index is 12.1. The SMILES string of the molecule is [B]C1([B])C2CN(C(=O)OC(C)(C)C)CC2C([B])([B])C1O. The van der Waals surface area contributed by atoms with Gasteiger partial charge < -0.3 is 14.7 Å². The summed E-state index contributed by atoms with van der Waals surface area (Å²) in [6.45, 7) is 5.92. The molecule has 1 saturated heterocycles. The lowest BCUT2D eigenvalue weighted by Gasteiger charge is -2.37. The Morgan fingerprint density at radius 2 is 1.55 bits per heavy atom. The van der Waals surface area contributed by atoms with Gasteiger partial charge in [-0.05, 0) is 32.6 Å². The number of nitrogens with zero attached hydrogens (tertiary/aromatic N) is 1. The number of hydrogen-bond acceptors (Lipinski definition) is 3. The number of aliphatic hydroxyl groups excluding tert-OH is 1. The van der Waals surface area contributed by atoms with Crippen LogP contribution >= 0.6 is 0 Å². The standard InChI is InChI=1S/C12H17B4NO3/c1-10(2,3)20-9(19)17-4-6-7(5-17)12(15,16)8(18)11(6,13)14/h6-8,18H,4-5H2,1-3H3. The number of fused-ring (bicyclic) bond motifs is 1. The number of amides is 1. The molecule has 2 fully saturated rings. The highest BCUT2D eigenvalue weighted by Gasteiger charge is 2.60. The predicted octanol–water partition coefficient (Wildman–Crippen LogP) is -0.250. The first-order chi connectivity index (χ1) is 8.87. The van der Waals surface area contributed by atoms with Gasteiger partial charge in [-0.3, -0.25) is 0 Å². The van der Waals surface area contributed by atoms with Gasteiger partial charge in [0.25, 0.3) is 0 Å². The zero-order chi connectivity index (χ0) is 15.5. The van der Waals surface area contributed by atoms with Crippen LogP contribution in [0.5, 0.6) is 0 Å². The fraction of sp³-hybridized carbons (Fsp3) is 0.917. The van der Waals surface area contributed by atoms with E-state index >= 15 is 0 Å². The second-order valence-electron chi connectivity index (χ2n) is 7.00. The largest absolute Gasteiger partial charge is 0.444 e. The summed E-state index contributed by atoms with van der Waals surface area (Å²) in [5, 5.41) is 7.24. The van der Waals surface area contributed by atoms with Crippen molar-refractivity contribution in [2.75, 3.05) is 13.1 Å². The lowest BCUT2D eigenvalue weighted by Crippen LogP contribution is -2.42. The molecule has 0 aromatic rings. The molecule has 1 aliphatic carbocycles.